The Kier molecular flexibility index (Phi) is 5.45. The maximum atomic E-state index is 13.0. The van der Waals surface area contributed by atoms with Crippen molar-refractivity contribution in [3.8, 4) is 12.3 Å². The minimum atomic E-state index is -3.58. The summed E-state index contributed by atoms with van der Waals surface area (Å²) in [6.07, 6.45) is 12.5. The van der Waals surface area contributed by atoms with Crippen molar-refractivity contribution in [1.82, 2.24) is 9.62 Å². The van der Waals surface area contributed by atoms with Gasteiger partial charge in [-0.05, 0) is 43.9 Å². The zero-order valence-corrected chi connectivity index (χ0v) is 15.1. The molecule has 0 aromatic heterocycles. The molecule has 0 aliphatic heterocycles. The predicted octanol–water partition coefficient (Wildman–Crippen LogP) is 2.54. The van der Waals surface area contributed by atoms with E-state index in [1.54, 1.807) is 17.0 Å². The number of hydrogen-bond acceptors (Lipinski definition) is 3. The summed E-state index contributed by atoms with van der Waals surface area (Å²) in [6.45, 7) is 0.251. The normalized spacial score (nSPS) is 18.5. The van der Waals surface area contributed by atoms with Crippen LogP contribution in [-0.2, 0) is 10.0 Å². The molecular weight excluding hydrogens is 336 g/mol. The highest BCUT2D eigenvalue weighted by molar-refractivity contribution is 7.89. The van der Waals surface area contributed by atoms with E-state index in [1.807, 2.05) is 0 Å². The Morgan fingerprint density at radius 2 is 1.92 bits per heavy atom. The lowest BCUT2D eigenvalue weighted by Gasteiger charge is -2.33. The van der Waals surface area contributed by atoms with Gasteiger partial charge in [-0.1, -0.05) is 31.2 Å². The highest BCUT2D eigenvalue weighted by Gasteiger charge is 2.29. The van der Waals surface area contributed by atoms with Crippen molar-refractivity contribution in [2.24, 2.45) is 0 Å². The molecule has 0 bridgehead atoms. The summed E-state index contributed by atoms with van der Waals surface area (Å²) < 4.78 is 27.4. The molecule has 5 nitrogen and oxygen atoms in total. The van der Waals surface area contributed by atoms with Crippen LogP contribution < -0.4 is 4.72 Å². The Bertz CT molecular complexity index is 772. The monoisotopic (exact) mass is 360 g/mol. The van der Waals surface area contributed by atoms with Gasteiger partial charge < -0.3 is 4.90 Å². The Morgan fingerprint density at radius 1 is 1.20 bits per heavy atom. The third-order valence-electron chi connectivity index (χ3n) is 4.83. The maximum Gasteiger partial charge on any atom is 0.254 e. The van der Waals surface area contributed by atoms with E-state index < -0.39 is 10.0 Å². The van der Waals surface area contributed by atoms with Gasteiger partial charge in [-0.15, -0.1) is 6.42 Å². The first-order valence-electron chi connectivity index (χ1n) is 8.88. The van der Waals surface area contributed by atoms with Gasteiger partial charge in [0.1, 0.15) is 0 Å². The van der Waals surface area contributed by atoms with E-state index in [2.05, 4.69) is 10.6 Å². The molecule has 2 aliphatic carbocycles. The van der Waals surface area contributed by atoms with E-state index in [0.717, 1.165) is 38.5 Å². The predicted molar refractivity (Wildman–Crippen MR) is 96.5 cm³/mol. The second-order valence-corrected chi connectivity index (χ2v) is 8.57. The third-order valence-corrected chi connectivity index (χ3v) is 6.35. The van der Waals surface area contributed by atoms with Gasteiger partial charge in [0, 0.05) is 17.6 Å². The van der Waals surface area contributed by atoms with Crippen LogP contribution in [0.25, 0.3) is 0 Å². The number of terminal acetylenes is 1. The van der Waals surface area contributed by atoms with Crippen LogP contribution in [0.3, 0.4) is 0 Å². The molecule has 0 saturated heterocycles. The number of carbonyl (C=O) groups excluding carboxylic acids is 1. The first kappa shape index (κ1) is 18.0. The molecule has 2 saturated carbocycles. The van der Waals surface area contributed by atoms with Gasteiger partial charge in [-0.3, -0.25) is 4.79 Å². The molecular formula is C19H24N2O3S. The largest absolute Gasteiger partial charge is 0.325 e. The maximum absolute atomic E-state index is 13.0. The van der Waals surface area contributed by atoms with Crippen molar-refractivity contribution in [3.63, 3.8) is 0 Å². The average Bonchev–Trinajstić information content (AvgIpc) is 3.43. The lowest BCUT2D eigenvalue weighted by atomic mass is 9.93. The second kappa shape index (κ2) is 7.59. The van der Waals surface area contributed by atoms with Gasteiger partial charge in [0.15, 0.2) is 0 Å². The van der Waals surface area contributed by atoms with Crippen LogP contribution >= 0.6 is 0 Å². The van der Waals surface area contributed by atoms with Crippen molar-refractivity contribution in [2.45, 2.75) is 61.9 Å². The summed E-state index contributed by atoms with van der Waals surface area (Å²) in [5.41, 5.74) is 0.375. The lowest BCUT2D eigenvalue weighted by molar-refractivity contribution is 0.0667. The van der Waals surface area contributed by atoms with Crippen molar-refractivity contribution in [2.75, 3.05) is 6.54 Å². The van der Waals surface area contributed by atoms with E-state index in [0.29, 0.717) is 5.56 Å². The molecule has 25 heavy (non-hydrogen) atoms. The minimum absolute atomic E-state index is 0.0320. The van der Waals surface area contributed by atoms with E-state index in [-0.39, 0.29) is 29.4 Å². The first-order chi connectivity index (χ1) is 12.0. The van der Waals surface area contributed by atoms with Gasteiger partial charge in [0.25, 0.3) is 5.91 Å². The summed E-state index contributed by atoms with van der Waals surface area (Å²) in [4.78, 5) is 14.8. The Morgan fingerprint density at radius 3 is 2.56 bits per heavy atom. The molecule has 0 atom stereocenters. The lowest BCUT2D eigenvalue weighted by Crippen LogP contribution is -2.41. The van der Waals surface area contributed by atoms with Gasteiger partial charge in [-0.25, -0.2) is 13.1 Å². The molecule has 3 rings (SSSR count). The zero-order chi connectivity index (χ0) is 17.9. The number of amides is 1. The highest BCUT2D eigenvalue weighted by Crippen LogP contribution is 2.25. The Hall–Kier alpha value is -1.84. The van der Waals surface area contributed by atoms with Crippen LogP contribution in [-0.4, -0.2) is 37.9 Å². The number of carbonyl (C=O) groups is 1. The third kappa shape index (κ3) is 4.42. The van der Waals surface area contributed by atoms with Crippen LogP contribution in [0.4, 0.5) is 0 Å². The number of benzene rings is 1. The fourth-order valence-electron chi connectivity index (χ4n) is 3.31. The second-order valence-electron chi connectivity index (χ2n) is 6.85. The van der Waals surface area contributed by atoms with Gasteiger partial charge >= 0.3 is 0 Å². The average molecular weight is 360 g/mol. The molecule has 0 unspecified atom stereocenters. The summed E-state index contributed by atoms with van der Waals surface area (Å²) >= 11 is 0. The van der Waals surface area contributed by atoms with E-state index in [1.165, 1.54) is 18.6 Å². The molecule has 1 N–H and O–H groups in total. The van der Waals surface area contributed by atoms with Crippen molar-refractivity contribution >= 4 is 15.9 Å². The molecule has 2 fully saturated rings. The van der Waals surface area contributed by atoms with Crippen LogP contribution in [0.1, 0.15) is 55.3 Å². The number of rotatable bonds is 6. The smallest absolute Gasteiger partial charge is 0.254 e. The van der Waals surface area contributed by atoms with Crippen molar-refractivity contribution in [3.05, 3.63) is 29.8 Å². The van der Waals surface area contributed by atoms with Crippen LogP contribution in [0.2, 0.25) is 0 Å². The Balaban J connectivity index is 1.82. The van der Waals surface area contributed by atoms with Crippen LogP contribution in [0.5, 0.6) is 0 Å². The first-order valence-corrected chi connectivity index (χ1v) is 10.4. The van der Waals surface area contributed by atoms with Crippen molar-refractivity contribution < 1.29 is 13.2 Å². The van der Waals surface area contributed by atoms with Crippen molar-refractivity contribution in [1.29, 1.82) is 0 Å². The molecule has 0 heterocycles. The zero-order valence-electron chi connectivity index (χ0n) is 14.3. The standard InChI is InChI=1S/C19H24N2O3S/c1-2-13-21(17-8-4-3-5-9-17)19(22)15-7-6-10-18(14-15)25(23,24)20-16-11-12-16/h1,6-7,10,14,16-17,20H,3-5,8-9,11-13H2. The van der Waals surface area contributed by atoms with E-state index >= 15 is 0 Å². The number of sulfonamides is 1. The number of nitrogens with zero attached hydrogens (tertiary/aromatic N) is 1. The van der Waals surface area contributed by atoms with Crippen LogP contribution in [0, 0.1) is 12.3 Å². The Labute approximate surface area is 149 Å². The van der Waals surface area contributed by atoms with Gasteiger partial charge in [-0.2, -0.15) is 0 Å². The molecule has 0 radical (unpaired) electrons. The van der Waals surface area contributed by atoms with Gasteiger partial charge in [0.05, 0.1) is 11.4 Å². The fourth-order valence-corrected chi connectivity index (χ4v) is 4.66. The molecule has 1 amide bonds. The molecule has 2 aliphatic rings. The number of hydrogen-bond donors (Lipinski definition) is 1. The summed E-state index contributed by atoms with van der Waals surface area (Å²) in [7, 11) is -3.58. The van der Waals surface area contributed by atoms with E-state index in [4.69, 9.17) is 6.42 Å². The summed E-state index contributed by atoms with van der Waals surface area (Å²) in [5, 5.41) is 0. The number of nitrogens with one attached hydrogen (secondary N) is 1. The summed E-state index contributed by atoms with van der Waals surface area (Å²) in [5.74, 6) is 2.38. The summed E-state index contributed by atoms with van der Waals surface area (Å²) in [6, 6.07) is 6.42. The molecule has 1 aromatic carbocycles. The van der Waals surface area contributed by atoms with Gasteiger partial charge in [0.2, 0.25) is 10.0 Å². The fraction of sp³-hybridized carbons (Fsp3) is 0.526. The SMILES string of the molecule is C#CCN(C(=O)c1cccc(S(=O)(=O)NC2CC2)c1)C1CCCCC1. The molecule has 134 valence electrons. The molecule has 1 aromatic rings. The molecule has 6 heteroatoms. The topological polar surface area (TPSA) is 66.5 Å². The highest BCUT2D eigenvalue weighted by atomic mass is 32.2. The van der Waals surface area contributed by atoms with Crippen LogP contribution in [0.15, 0.2) is 29.2 Å². The quantitative estimate of drug-likeness (QED) is 0.793. The minimum Gasteiger partial charge on any atom is -0.325 e. The van der Waals surface area contributed by atoms with E-state index in [9.17, 15) is 13.2 Å². The molecule has 0 spiro atoms.